The Morgan fingerprint density at radius 2 is 1.54 bits per heavy atom. The van der Waals surface area contributed by atoms with Gasteiger partial charge in [-0.15, -0.1) is 0 Å². The van der Waals surface area contributed by atoms with Crippen LogP contribution in [0.15, 0.2) is 42.5 Å². The molecule has 7 nitrogen and oxygen atoms in total. The summed E-state index contributed by atoms with van der Waals surface area (Å²) in [5.74, 6) is 0.347. The van der Waals surface area contributed by atoms with Crippen molar-refractivity contribution < 1.29 is 14.4 Å². The van der Waals surface area contributed by atoms with E-state index in [0.717, 1.165) is 61.5 Å². The quantitative estimate of drug-likeness (QED) is 0.646. The van der Waals surface area contributed by atoms with Crippen LogP contribution in [0.2, 0.25) is 0 Å². The lowest BCUT2D eigenvalue weighted by Gasteiger charge is -2.39. The van der Waals surface area contributed by atoms with Gasteiger partial charge in [-0.2, -0.15) is 0 Å². The van der Waals surface area contributed by atoms with Gasteiger partial charge in [0.1, 0.15) is 0 Å². The van der Waals surface area contributed by atoms with Gasteiger partial charge in [0.2, 0.25) is 11.8 Å². The summed E-state index contributed by atoms with van der Waals surface area (Å²) in [5, 5.41) is 3.02. The third kappa shape index (κ3) is 6.28. The molecule has 0 unspecified atom stereocenters. The van der Waals surface area contributed by atoms with Crippen LogP contribution in [0.25, 0.3) is 0 Å². The van der Waals surface area contributed by atoms with Gasteiger partial charge in [0, 0.05) is 49.0 Å². The van der Waals surface area contributed by atoms with Crippen LogP contribution in [0.4, 0.5) is 11.4 Å². The number of hydrogen-bond acceptors (Lipinski definition) is 5. The second-order valence-corrected chi connectivity index (χ2v) is 9.83. The Balaban J connectivity index is 1.20. The Morgan fingerprint density at radius 1 is 0.886 bits per heavy atom. The van der Waals surface area contributed by atoms with Crippen LogP contribution in [0.1, 0.15) is 41.3 Å². The number of amides is 2. The van der Waals surface area contributed by atoms with Crippen LogP contribution in [0.5, 0.6) is 0 Å². The molecule has 1 N–H and O–H groups in total. The molecule has 0 aliphatic carbocycles. The van der Waals surface area contributed by atoms with Crippen molar-refractivity contribution in [2.45, 2.75) is 33.6 Å². The molecule has 2 aromatic carbocycles. The second-order valence-electron chi connectivity index (χ2n) is 9.83. The summed E-state index contributed by atoms with van der Waals surface area (Å²) in [5.41, 5.74) is 4.92. The van der Waals surface area contributed by atoms with E-state index in [-0.39, 0.29) is 23.5 Å². The fraction of sp³-hybridized carbons (Fsp3) is 0.464. The summed E-state index contributed by atoms with van der Waals surface area (Å²) in [6, 6.07) is 13.7. The number of piperazine rings is 1. The number of piperidine rings is 1. The Morgan fingerprint density at radius 3 is 2.14 bits per heavy atom. The van der Waals surface area contributed by atoms with E-state index in [1.807, 2.05) is 55.1 Å². The van der Waals surface area contributed by atoms with Gasteiger partial charge in [-0.1, -0.05) is 17.7 Å². The van der Waals surface area contributed by atoms with E-state index in [2.05, 4.69) is 21.2 Å². The first kappa shape index (κ1) is 24.9. The third-order valence-corrected chi connectivity index (χ3v) is 7.19. The van der Waals surface area contributed by atoms with Crippen molar-refractivity contribution in [3.05, 3.63) is 59.2 Å². The van der Waals surface area contributed by atoms with E-state index in [4.69, 9.17) is 0 Å². The number of carbonyl (C=O) groups is 3. The minimum atomic E-state index is -0.00538. The van der Waals surface area contributed by atoms with Gasteiger partial charge in [0.05, 0.1) is 6.54 Å². The highest BCUT2D eigenvalue weighted by Gasteiger charge is 2.31. The van der Waals surface area contributed by atoms with Gasteiger partial charge in [-0.05, 0) is 82.6 Å². The van der Waals surface area contributed by atoms with Crippen LogP contribution in [-0.4, -0.2) is 73.2 Å². The van der Waals surface area contributed by atoms with Gasteiger partial charge < -0.3 is 15.1 Å². The smallest absolute Gasteiger partial charge is 0.238 e. The molecule has 2 aromatic rings. The molecule has 4 rings (SSSR count). The van der Waals surface area contributed by atoms with Crippen molar-refractivity contribution in [2.24, 2.45) is 5.92 Å². The first-order valence-corrected chi connectivity index (χ1v) is 12.5. The molecule has 0 spiro atoms. The highest BCUT2D eigenvalue weighted by atomic mass is 16.2. The number of likely N-dealkylation sites (tertiary alicyclic amines) is 1. The molecule has 2 heterocycles. The maximum Gasteiger partial charge on any atom is 0.238 e. The topological polar surface area (TPSA) is 73.0 Å². The third-order valence-electron chi connectivity index (χ3n) is 7.19. The predicted molar refractivity (Wildman–Crippen MR) is 139 cm³/mol. The molecule has 0 bridgehead atoms. The first-order chi connectivity index (χ1) is 16.8. The van der Waals surface area contributed by atoms with Gasteiger partial charge in [-0.25, -0.2) is 0 Å². The van der Waals surface area contributed by atoms with Crippen LogP contribution >= 0.6 is 0 Å². The predicted octanol–water partition coefficient (Wildman–Crippen LogP) is 3.51. The summed E-state index contributed by atoms with van der Waals surface area (Å²) < 4.78 is 0. The number of carbonyl (C=O) groups excluding carboxylic acids is 3. The monoisotopic (exact) mass is 476 g/mol. The Hall–Kier alpha value is -3.19. The molecule has 2 aliphatic heterocycles. The van der Waals surface area contributed by atoms with E-state index in [0.29, 0.717) is 19.6 Å². The molecule has 35 heavy (non-hydrogen) atoms. The molecular formula is C28H36N4O3. The zero-order chi connectivity index (χ0) is 24.9. The van der Waals surface area contributed by atoms with E-state index in [1.54, 1.807) is 6.92 Å². The summed E-state index contributed by atoms with van der Waals surface area (Å²) in [6.45, 7) is 10.5. The minimum absolute atomic E-state index is 0.00538. The Labute approximate surface area is 208 Å². The zero-order valence-corrected chi connectivity index (χ0v) is 21.0. The molecule has 2 saturated heterocycles. The van der Waals surface area contributed by atoms with E-state index in [1.165, 1.54) is 5.56 Å². The molecule has 2 aliphatic rings. The van der Waals surface area contributed by atoms with Crippen LogP contribution in [-0.2, 0) is 9.59 Å². The standard InChI is InChI=1S/C28H36N4O3/c1-20-4-9-26(21(2)18-20)29-27(34)19-30-12-10-24(11-13-30)28(35)32-16-14-31(15-17-32)25-7-5-23(6-8-25)22(3)33/h4-9,18,24H,10-17,19H2,1-3H3,(H,29,34). The summed E-state index contributed by atoms with van der Waals surface area (Å²) in [7, 11) is 0. The molecule has 186 valence electrons. The highest BCUT2D eigenvalue weighted by molar-refractivity contribution is 5.94. The number of aryl methyl sites for hydroxylation is 2. The van der Waals surface area contributed by atoms with Gasteiger partial charge >= 0.3 is 0 Å². The van der Waals surface area contributed by atoms with Crippen molar-refractivity contribution in [3.8, 4) is 0 Å². The maximum absolute atomic E-state index is 13.1. The number of benzene rings is 2. The number of rotatable bonds is 6. The molecule has 0 saturated carbocycles. The lowest BCUT2D eigenvalue weighted by Crippen LogP contribution is -2.52. The number of nitrogens with zero attached hydrogens (tertiary/aromatic N) is 3. The van der Waals surface area contributed by atoms with Crippen molar-refractivity contribution >= 4 is 29.0 Å². The lowest BCUT2D eigenvalue weighted by molar-refractivity contribution is -0.137. The fourth-order valence-corrected chi connectivity index (χ4v) is 5.03. The number of Topliss-reactive ketones (excluding diaryl/α,β-unsaturated/α-hetero) is 1. The van der Waals surface area contributed by atoms with Crippen molar-refractivity contribution in [1.29, 1.82) is 0 Å². The molecule has 7 heteroatoms. The highest BCUT2D eigenvalue weighted by Crippen LogP contribution is 2.23. The largest absolute Gasteiger partial charge is 0.368 e. The van der Waals surface area contributed by atoms with Gasteiger partial charge in [0.25, 0.3) is 0 Å². The number of nitrogens with one attached hydrogen (secondary N) is 1. The van der Waals surface area contributed by atoms with Crippen LogP contribution < -0.4 is 10.2 Å². The lowest BCUT2D eigenvalue weighted by atomic mass is 9.95. The molecule has 0 aromatic heterocycles. The second kappa shape index (κ2) is 11.0. The Kier molecular flexibility index (Phi) is 7.86. The van der Waals surface area contributed by atoms with E-state index < -0.39 is 0 Å². The molecular weight excluding hydrogens is 440 g/mol. The van der Waals surface area contributed by atoms with Gasteiger partial charge in [-0.3, -0.25) is 19.3 Å². The molecule has 2 amide bonds. The first-order valence-electron chi connectivity index (χ1n) is 12.5. The normalized spacial score (nSPS) is 17.3. The molecule has 2 fully saturated rings. The Bertz CT molecular complexity index is 1070. The maximum atomic E-state index is 13.1. The minimum Gasteiger partial charge on any atom is -0.368 e. The summed E-state index contributed by atoms with van der Waals surface area (Å²) in [4.78, 5) is 43.6. The number of ketones is 1. The molecule has 0 radical (unpaired) electrons. The van der Waals surface area contributed by atoms with Crippen molar-refractivity contribution in [1.82, 2.24) is 9.80 Å². The van der Waals surface area contributed by atoms with Crippen LogP contribution in [0, 0.1) is 19.8 Å². The van der Waals surface area contributed by atoms with E-state index >= 15 is 0 Å². The fourth-order valence-electron chi connectivity index (χ4n) is 5.03. The summed E-state index contributed by atoms with van der Waals surface area (Å²) in [6.07, 6.45) is 1.59. The summed E-state index contributed by atoms with van der Waals surface area (Å²) >= 11 is 0. The van der Waals surface area contributed by atoms with Crippen molar-refractivity contribution in [2.75, 3.05) is 56.0 Å². The van der Waals surface area contributed by atoms with E-state index in [9.17, 15) is 14.4 Å². The van der Waals surface area contributed by atoms with Crippen LogP contribution in [0.3, 0.4) is 0 Å². The average molecular weight is 477 g/mol. The molecule has 0 atom stereocenters. The average Bonchev–Trinajstić information content (AvgIpc) is 2.86. The van der Waals surface area contributed by atoms with Gasteiger partial charge in [0.15, 0.2) is 5.78 Å². The SMILES string of the molecule is CC(=O)c1ccc(N2CCN(C(=O)C3CCN(CC(=O)Nc4ccc(C)cc4C)CC3)CC2)cc1. The number of anilines is 2. The number of hydrogen-bond donors (Lipinski definition) is 1. The van der Waals surface area contributed by atoms with Crippen molar-refractivity contribution in [3.63, 3.8) is 0 Å². The zero-order valence-electron chi connectivity index (χ0n) is 21.0.